The molecule has 21 heavy (non-hydrogen) atoms. The smallest absolute Gasteiger partial charge is 0.205 e. The van der Waals surface area contributed by atoms with E-state index < -0.39 is 0 Å². The molecule has 8 heteroatoms. The topological polar surface area (TPSA) is 90.9 Å². The van der Waals surface area contributed by atoms with E-state index in [0.717, 1.165) is 43.6 Å². The number of rotatable bonds is 5. The molecule has 2 heterocycles. The van der Waals surface area contributed by atoms with Crippen molar-refractivity contribution < 1.29 is 5.21 Å². The van der Waals surface area contributed by atoms with Crippen LogP contribution >= 0.6 is 11.5 Å². The van der Waals surface area contributed by atoms with E-state index in [0.29, 0.717) is 11.8 Å². The van der Waals surface area contributed by atoms with Crippen molar-refractivity contribution in [3.8, 4) is 0 Å². The van der Waals surface area contributed by atoms with E-state index in [9.17, 15) is 0 Å². The van der Waals surface area contributed by atoms with Crippen LogP contribution in [0.25, 0.3) is 0 Å². The van der Waals surface area contributed by atoms with Gasteiger partial charge in [0.2, 0.25) is 5.13 Å². The molecule has 3 N–H and O–H groups in total. The quantitative estimate of drug-likeness (QED) is 0.366. The number of hydrogen-bond donors (Lipinski definition) is 2. The number of anilines is 1. The third-order valence-electron chi connectivity index (χ3n) is 4.24. The lowest BCUT2D eigenvalue weighted by Gasteiger charge is -2.38. The highest BCUT2D eigenvalue weighted by atomic mass is 32.1. The molecule has 1 saturated heterocycles. The molecule has 0 amide bonds. The van der Waals surface area contributed by atoms with Gasteiger partial charge in [0.1, 0.15) is 5.82 Å². The van der Waals surface area contributed by atoms with E-state index in [2.05, 4.69) is 31.2 Å². The van der Waals surface area contributed by atoms with E-state index in [-0.39, 0.29) is 6.04 Å². The molecule has 116 valence electrons. The average molecular weight is 310 g/mol. The van der Waals surface area contributed by atoms with Crippen molar-refractivity contribution >= 4 is 22.5 Å². The second-order valence-electron chi connectivity index (χ2n) is 5.68. The average Bonchev–Trinajstić information content (AvgIpc) is 3.26. The van der Waals surface area contributed by atoms with Crippen LogP contribution in [0.2, 0.25) is 0 Å². The van der Waals surface area contributed by atoms with E-state index in [4.69, 9.17) is 10.9 Å². The molecule has 3 rings (SSSR count). The molecule has 1 saturated carbocycles. The molecule has 0 radical (unpaired) electrons. The van der Waals surface area contributed by atoms with Gasteiger partial charge in [-0.2, -0.15) is 4.37 Å². The molecule has 0 spiro atoms. The fourth-order valence-electron chi connectivity index (χ4n) is 2.81. The molecule has 7 nitrogen and oxygen atoms in total. The van der Waals surface area contributed by atoms with Crippen LogP contribution in [0.3, 0.4) is 0 Å². The Bertz CT molecular complexity index is 507. The molecule has 1 aliphatic heterocycles. The van der Waals surface area contributed by atoms with Crippen molar-refractivity contribution in [1.82, 2.24) is 14.3 Å². The summed E-state index contributed by atoms with van der Waals surface area (Å²) in [4.78, 5) is 9.23. The van der Waals surface area contributed by atoms with Crippen LogP contribution in [0, 0.1) is 0 Å². The Kier molecular flexibility index (Phi) is 4.25. The van der Waals surface area contributed by atoms with Gasteiger partial charge in [0.25, 0.3) is 0 Å². The van der Waals surface area contributed by atoms with Crippen molar-refractivity contribution in [2.75, 3.05) is 31.1 Å². The van der Waals surface area contributed by atoms with Crippen molar-refractivity contribution in [3.63, 3.8) is 0 Å². The van der Waals surface area contributed by atoms with Gasteiger partial charge in [0.15, 0.2) is 5.84 Å². The molecule has 2 aliphatic rings. The first kappa shape index (κ1) is 14.5. The van der Waals surface area contributed by atoms with Gasteiger partial charge in [-0.3, -0.25) is 4.90 Å². The minimum absolute atomic E-state index is 0.0218. The summed E-state index contributed by atoms with van der Waals surface area (Å²) in [6, 6.07) is 0.0218. The standard InChI is InChI=1S/C13H22N6OS/c1-2-10(11(14)16-20)18-5-7-19(8-6-18)13-15-12(17-21-13)9-3-4-9/h9-10,20H,2-8H2,1H3,(H2,14,16). The first-order chi connectivity index (χ1) is 10.2. The summed E-state index contributed by atoms with van der Waals surface area (Å²) in [6.07, 6.45) is 3.32. The van der Waals surface area contributed by atoms with E-state index >= 15 is 0 Å². The molecule has 1 unspecified atom stereocenters. The maximum Gasteiger partial charge on any atom is 0.205 e. The predicted molar refractivity (Wildman–Crippen MR) is 83.2 cm³/mol. The highest BCUT2D eigenvalue weighted by molar-refractivity contribution is 7.09. The van der Waals surface area contributed by atoms with Crippen LogP contribution in [0.1, 0.15) is 37.9 Å². The number of nitrogens with zero attached hydrogens (tertiary/aromatic N) is 5. The van der Waals surface area contributed by atoms with Gasteiger partial charge < -0.3 is 15.8 Å². The zero-order valence-electron chi connectivity index (χ0n) is 12.3. The molecule has 1 atom stereocenters. The summed E-state index contributed by atoms with van der Waals surface area (Å²) in [5.74, 6) is 1.94. The second-order valence-corrected chi connectivity index (χ2v) is 6.41. The Labute approximate surface area is 128 Å². The van der Waals surface area contributed by atoms with Crippen LogP contribution in [0.5, 0.6) is 0 Å². The maximum absolute atomic E-state index is 8.87. The Morgan fingerprint density at radius 1 is 1.43 bits per heavy atom. The first-order valence-corrected chi connectivity index (χ1v) is 8.30. The van der Waals surface area contributed by atoms with Gasteiger partial charge in [-0.25, -0.2) is 4.98 Å². The lowest BCUT2D eigenvalue weighted by molar-refractivity contribution is 0.216. The van der Waals surface area contributed by atoms with Crippen molar-refractivity contribution in [2.24, 2.45) is 10.9 Å². The summed E-state index contributed by atoms with van der Waals surface area (Å²) in [5.41, 5.74) is 5.77. The number of amidine groups is 1. The third kappa shape index (κ3) is 3.11. The zero-order valence-corrected chi connectivity index (χ0v) is 13.1. The van der Waals surface area contributed by atoms with E-state index in [1.807, 2.05) is 0 Å². The fourth-order valence-corrected chi connectivity index (χ4v) is 3.61. The SMILES string of the molecule is CCC(C(N)=NO)N1CCN(c2nc(C3CC3)ns2)CC1. The minimum atomic E-state index is 0.0218. The van der Waals surface area contributed by atoms with E-state index in [1.54, 1.807) is 0 Å². The van der Waals surface area contributed by atoms with Gasteiger partial charge in [-0.15, -0.1) is 0 Å². The van der Waals surface area contributed by atoms with Gasteiger partial charge >= 0.3 is 0 Å². The Morgan fingerprint density at radius 3 is 2.71 bits per heavy atom. The van der Waals surface area contributed by atoms with Crippen molar-refractivity contribution in [1.29, 1.82) is 0 Å². The Hall–Kier alpha value is -1.41. The van der Waals surface area contributed by atoms with E-state index in [1.165, 1.54) is 24.4 Å². The van der Waals surface area contributed by atoms with Crippen LogP contribution in [-0.4, -0.2) is 57.5 Å². The first-order valence-electron chi connectivity index (χ1n) is 7.53. The minimum Gasteiger partial charge on any atom is -0.409 e. The fraction of sp³-hybridized carbons (Fsp3) is 0.769. The van der Waals surface area contributed by atoms with Gasteiger partial charge in [-0.1, -0.05) is 12.1 Å². The van der Waals surface area contributed by atoms with Gasteiger partial charge in [-0.05, 0) is 19.3 Å². The van der Waals surface area contributed by atoms with Crippen LogP contribution in [0.4, 0.5) is 5.13 Å². The molecule has 0 aromatic carbocycles. The Morgan fingerprint density at radius 2 is 2.14 bits per heavy atom. The monoisotopic (exact) mass is 310 g/mol. The molecular weight excluding hydrogens is 288 g/mol. The lowest BCUT2D eigenvalue weighted by Crippen LogP contribution is -2.54. The van der Waals surface area contributed by atoms with Crippen LogP contribution < -0.4 is 10.6 Å². The van der Waals surface area contributed by atoms with Crippen molar-refractivity contribution in [3.05, 3.63) is 5.82 Å². The third-order valence-corrected chi connectivity index (χ3v) is 5.03. The summed E-state index contributed by atoms with van der Waals surface area (Å²) in [6.45, 7) is 5.67. The normalized spacial score (nSPS) is 22.5. The molecular formula is C13H22N6OS. The van der Waals surface area contributed by atoms with Crippen molar-refractivity contribution in [2.45, 2.75) is 38.1 Å². The van der Waals surface area contributed by atoms with Crippen LogP contribution in [-0.2, 0) is 0 Å². The number of hydrogen-bond acceptors (Lipinski definition) is 7. The molecule has 2 fully saturated rings. The number of oxime groups is 1. The largest absolute Gasteiger partial charge is 0.409 e. The molecule has 1 aromatic heterocycles. The number of aromatic nitrogens is 2. The molecule has 1 aromatic rings. The highest BCUT2D eigenvalue weighted by Gasteiger charge is 2.30. The zero-order chi connectivity index (χ0) is 14.8. The van der Waals surface area contributed by atoms with Gasteiger partial charge in [0.05, 0.1) is 6.04 Å². The van der Waals surface area contributed by atoms with Gasteiger partial charge in [0, 0.05) is 43.6 Å². The maximum atomic E-state index is 8.87. The summed E-state index contributed by atoms with van der Waals surface area (Å²) < 4.78 is 4.47. The molecule has 1 aliphatic carbocycles. The molecule has 0 bridgehead atoms. The lowest BCUT2D eigenvalue weighted by atomic mass is 10.1. The highest BCUT2D eigenvalue weighted by Crippen LogP contribution is 2.39. The predicted octanol–water partition coefficient (Wildman–Crippen LogP) is 1.06. The number of piperazine rings is 1. The second kappa shape index (κ2) is 6.15. The summed E-state index contributed by atoms with van der Waals surface area (Å²) in [5, 5.41) is 13.1. The van der Waals surface area contributed by atoms with Crippen LogP contribution in [0.15, 0.2) is 5.16 Å². The Balaban J connectivity index is 1.58. The summed E-state index contributed by atoms with van der Waals surface area (Å²) >= 11 is 1.51. The summed E-state index contributed by atoms with van der Waals surface area (Å²) in [7, 11) is 0. The number of nitrogens with two attached hydrogens (primary N) is 1.